The van der Waals surface area contributed by atoms with Gasteiger partial charge in [-0.2, -0.15) is 0 Å². The molecule has 0 bridgehead atoms. The summed E-state index contributed by atoms with van der Waals surface area (Å²) in [6.07, 6.45) is 0.712. The monoisotopic (exact) mass is 225 g/mol. The third-order valence-electron chi connectivity index (χ3n) is 2.53. The van der Waals surface area contributed by atoms with E-state index in [0.717, 1.165) is 0 Å². The number of aldehydes is 1. The second-order valence-electron chi connectivity index (χ2n) is 3.60. The Balaban J connectivity index is 2.51. The van der Waals surface area contributed by atoms with E-state index in [1.807, 2.05) is 0 Å². The smallest absolute Gasteiger partial charge is 0.150 e. The van der Waals surface area contributed by atoms with Crippen LogP contribution in [0.2, 0.25) is 0 Å². The molecule has 0 heterocycles. The van der Waals surface area contributed by atoms with Gasteiger partial charge in [-0.3, -0.25) is 10.2 Å². The summed E-state index contributed by atoms with van der Waals surface area (Å²) in [5.41, 5.74) is 1.53. The summed E-state index contributed by atoms with van der Waals surface area (Å²) < 4.78 is 0. The van der Waals surface area contributed by atoms with Gasteiger partial charge in [0, 0.05) is 16.7 Å². The molecule has 0 spiro atoms. The lowest BCUT2D eigenvalue weighted by molar-refractivity contribution is 0.112. The molecular weight excluding hydrogens is 214 g/mol. The quantitative estimate of drug-likeness (QED) is 0.623. The predicted molar refractivity (Wildman–Crippen MR) is 65.9 cm³/mol. The van der Waals surface area contributed by atoms with Gasteiger partial charge in [-0.15, -0.1) is 0 Å². The van der Waals surface area contributed by atoms with E-state index in [2.05, 4.69) is 0 Å². The number of phenolic OH excluding ortho intramolecular Hbond substituents is 1. The third kappa shape index (κ3) is 2.08. The first kappa shape index (κ1) is 11.1. The molecule has 0 aromatic heterocycles. The molecule has 0 atom stereocenters. The highest BCUT2D eigenvalue weighted by Gasteiger charge is 2.11. The lowest BCUT2D eigenvalue weighted by Gasteiger charge is -2.08. The zero-order chi connectivity index (χ0) is 12.3. The average molecular weight is 225 g/mol. The largest absolute Gasteiger partial charge is 0.507 e. The number of para-hydroxylation sites is 1. The molecule has 2 N–H and O–H groups in total. The first-order valence-electron chi connectivity index (χ1n) is 5.15. The van der Waals surface area contributed by atoms with E-state index in [9.17, 15) is 9.90 Å². The van der Waals surface area contributed by atoms with Gasteiger partial charge in [0.1, 0.15) is 5.75 Å². The molecule has 0 amide bonds. The number of carbonyl (C=O) groups excluding carboxylic acids is 1. The average Bonchev–Trinajstić information content (AvgIpc) is 2.38. The van der Waals surface area contributed by atoms with Gasteiger partial charge in [0.2, 0.25) is 0 Å². The molecule has 0 saturated carbocycles. The lowest BCUT2D eigenvalue weighted by atomic mass is 9.98. The summed E-state index contributed by atoms with van der Waals surface area (Å²) in [6.45, 7) is 0. The van der Waals surface area contributed by atoms with Gasteiger partial charge in [-0.1, -0.05) is 36.4 Å². The van der Waals surface area contributed by atoms with Gasteiger partial charge in [-0.05, 0) is 12.1 Å². The molecule has 0 aliphatic rings. The highest BCUT2D eigenvalue weighted by molar-refractivity contribution is 6.15. The van der Waals surface area contributed by atoms with Crippen LogP contribution in [0.15, 0.2) is 48.5 Å². The highest BCUT2D eigenvalue weighted by atomic mass is 16.3. The highest BCUT2D eigenvalue weighted by Crippen LogP contribution is 2.21. The van der Waals surface area contributed by atoms with E-state index in [0.29, 0.717) is 23.0 Å². The second-order valence-corrected chi connectivity index (χ2v) is 3.60. The Kier molecular flexibility index (Phi) is 3.01. The van der Waals surface area contributed by atoms with Crippen LogP contribution in [0.4, 0.5) is 0 Å². The third-order valence-corrected chi connectivity index (χ3v) is 2.53. The summed E-state index contributed by atoms with van der Waals surface area (Å²) in [6, 6.07) is 13.5. The van der Waals surface area contributed by atoms with Gasteiger partial charge in [0.15, 0.2) is 6.29 Å². The molecule has 0 unspecified atom stereocenters. The van der Waals surface area contributed by atoms with Crippen LogP contribution in [0.25, 0.3) is 0 Å². The maximum Gasteiger partial charge on any atom is 0.150 e. The first-order valence-corrected chi connectivity index (χ1v) is 5.15. The molecule has 84 valence electrons. The Hall–Kier alpha value is -2.42. The molecule has 0 aliphatic carbocycles. The number of rotatable bonds is 3. The number of nitrogens with one attached hydrogen (secondary N) is 1. The van der Waals surface area contributed by atoms with Crippen LogP contribution in [0.3, 0.4) is 0 Å². The van der Waals surface area contributed by atoms with Crippen molar-refractivity contribution in [2.75, 3.05) is 0 Å². The molecule has 2 aromatic carbocycles. The Bertz CT molecular complexity index is 576. The number of aromatic hydroxyl groups is 1. The van der Waals surface area contributed by atoms with Gasteiger partial charge < -0.3 is 5.11 Å². The molecule has 2 aromatic rings. The standard InChI is InChI=1S/C14H11NO2/c15-14(12-7-3-4-8-13(12)17)11-6-2-1-5-10(11)9-16/h1-9,15,17H. The van der Waals surface area contributed by atoms with Crippen molar-refractivity contribution in [1.82, 2.24) is 0 Å². The van der Waals surface area contributed by atoms with Crippen molar-refractivity contribution in [3.05, 3.63) is 65.2 Å². The van der Waals surface area contributed by atoms with Crippen LogP contribution in [0.1, 0.15) is 21.5 Å². The molecule has 0 aliphatic heterocycles. The molecule has 3 heteroatoms. The van der Waals surface area contributed by atoms with Gasteiger partial charge in [-0.25, -0.2) is 0 Å². The maximum absolute atomic E-state index is 10.9. The van der Waals surface area contributed by atoms with Crippen LogP contribution >= 0.6 is 0 Å². The zero-order valence-electron chi connectivity index (χ0n) is 9.05. The lowest BCUT2D eigenvalue weighted by Crippen LogP contribution is -2.05. The van der Waals surface area contributed by atoms with Gasteiger partial charge in [0.05, 0.1) is 5.71 Å². The Morgan fingerprint density at radius 1 is 1.00 bits per heavy atom. The predicted octanol–water partition coefficient (Wildman–Crippen LogP) is 2.62. The first-order chi connectivity index (χ1) is 8.24. The molecular formula is C14H11NO2. The fourth-order valence-electron chi connectivity index (χ4n) is 1.66. The summed E-state index contributed by atoms with van der Waals surface area (Å²) in [4.78, 5) is 10.9. The van der Waals surface area contributed by atoms with Crippen molar-refractivity contribution >= 4 is 12.0 Å². The Labute approximate surface area is 98.9 Å². The normalized spacial score (nSPS) is 9.88. The van der Waals surface area contributed by atoms with E-state index in [-0.39, 0.29) is 11.5 Å². The molecule has 3 nitrogen and oxygen atoms in total. The van der Waals surface area contributed by atoms with Crippen molar-refractivity contribution in [3.63, 3.8) is 0 Å². The van der Waals surface area contributed by atoms with Crippen LogP contribution in [-0.4, -0.2) is 17.1 Å². The van der Waals surface area contributed by atoms with Crippen molar-refractivity contribution in [3.8, 4) is 5.75 Å². The maximum atomic E-state index is 10.9. The molecule has 17 heavy (non-hydrogen) atoms. The van der Waals surface area contributed by atoms with Crippen molar-refractivity contribution < 1.29 is 9.90 Å². The minimum absolute atomic E-state index is 0.0400. The van der Waals surface area contributed by atoms with E-state index in [4.69, 9.17) is 5.41 Å². The van der Waals surface area contributed by atoms with Gasteiger partial charge in [0.25, 0.3) is 0 Å². The van der Waals surface area contributed by atoms with Crippen LogP contribution in [0, 0.1) is 5.41 Å². The van der Waals surface area contributed by atoms with E-state index < -0.39 is 0 Å². The van der Waals surface area contributed by atoms with E-state index >= 15 is 0 Å². The van der Waals surface area contributed by atoms with Crippen LogP contribution < -0.4 is 0 Å². The van der Waals surface area contributed by atoms with Gasteiger partial charge >= 0.3 is 0 Å². The number of hydrogen-bond acceptors (Lipinski definition) is 3. The number of hydrogen-bond donors (Lipinski definition) is 2. The SMILES string of the molecule is N=C(c1ccccc1O)c1ccccc1C=O. The topological polar surface area (TPSA) is 61.1 Å². The zero-order valence-corrected chi connectivity index (χ0v) is 9.05. The summed E-state index contributed by atoms with van der Waals surface area (Å²) >= 11 is 0. The fourth-order valence-corrected chi connectivity index (χ4v) is 1.66. The minimum atomic E-state index is 0.0400. The van der Waals surface area contributed by atoms with Crippen molar-refractivity contribution in [2.24, 2.45) is 0 Å². The second kappa shape index (κ2) is 4.61. The van der Waals surface area contributed by atoms with E-state index in [1.165, 1.54) is 6.07 Å². The fraction of sp³-hybridized carbons (Fsp3) is 0. The summed E-state index contributed by atoms with van der Waals surface area (Å²) in [5.74, 6) is 0.0400. The van der Waals surface area contributed by atoms with Crippen molar-refractivity contribution in [1.29, 1.82) is 5.41 Å². The molecule has 2 rings (SSSR count). The molecule has 0 saturated heterocycles. The minimum Gasteiger partial charge on any atom is -0.507 e. The Morgan fingerprint density at radius 3 is 2.24 bits per heavy atom. The Morgan fingerprint density at radius 2 is 1.59 bits per heavy atom. The number of phenols is 1. The number of carbonyl (C=O) groups is 1. The number of benzene rings is 2. The van der Waals surface area contributed by atoms with Crippen LogP contribution in [-0.2, 0) is 0 Å². The van der Waals surface area contributed by atoms with E-state index in [1.54, 1.807) is 42.5 Å². The van der Waals surface area contributed by atoms with Crippen LogP contribution in [0.5, 0.6) is 5.75 Å². The summed E-state index contributed by atoms with van der Waals surface area (Å²) in [7, 11) is 0. The summed E-state index contributed by atoms with van der Waals surface area (Å²) in [5, 5.41) is 17.7. The molecule has 0 fully saturated rings. The molecule has 0 radical (unpaired) electrons. The van der Waals surface area contributed by atoms with Crippen molar-refractivity contribution in [2.45, 2.75) is 0 Å².